The van der Waals surface area contributed by atoms with E-state index >= 15 is 0 Å². The van der Waals surface area contributed by atoms with Gasteiger partial charge in [-0.1, -0.05) is 0 Å². The van der Waals surface area contributed by atoms with Crippen LogP contribution in [-0.2, 0) is 21.3 Å². The average Bonchev–Trinajstić information content (AvgIpc) is 3.01. The van der Waals surface area contributed by atoms with Crippen LogP contribution in [0, 0.1) is 6.92 Å². The number of aryl methyl sites for hydroxylation is 1. The van der Waals surface area contributed by atoms with E-state index in [1.807, 2.05) is 6.92 Å². The fraction of sp³-hybridized carbons (Fsp3) is 0.769. The minimum atomic E-state index is -3.55. The van der Waals surface area contributed by atoms with Gasteiger partial charge in [0.15, 0.2) is 5.03 Å². The number of hydrogen-bond acceptors (Lipinski definition) is 5. The van der Waals surface area contributed by atoms with Gasteiger partial charge in [0, 0.05) is 44.0 Å². The SMILES string of the molecule is COC1CCN(S(=O)(=O)c2n[nH]c(C)c2CNC2CC2)C1. The highest BCUT2D eigenvalue weighted by molar-refractivity contribution is 7.89. The van der Waals surface area contributed by atoms with E-state index in [1.165, 1.54) is 17.1 Å². The number of H-pyrrole nitrogens is 1. The Morgan fingerprint density at radius 3 is 2.81 bits per heavy atom. The predicted octanol–water partition coefficient (Wildman–Crippen LogP) is 0.380. The molecule has 1 atom stereocenters. The van der Waals surface area contributed by atoms with E-state index in [-0.39, 0.29) is 11.1 Å². The molecule has 1 aromatic heterocycles. The van der Waals surface area contributed by atoms with E-state index in [2.05, 4.69) is 15.5 Å². The second-order valence-electron chi connectivity index (χ2n) is 5.80. The van der Waals surface area contributed by atoms with Crippen LogP contribution in [0.1, 0.15) is 30.5 Å². The molecule has 1 unspecified atom stereocenters. The number of ether oxygens (including phenoxy) is 1. The Labute approximate surface area is 125 Å². The first-order valence-corrected chi connectivity index (χ1v) is 8.76. The molecule has 1 aliphatic heterocycles. The molecule has 0 spiro atoms. The highest BCUT2D eigenvalue weighted by Crippen LogP contribution is 2.26. The van der Waals surface area contributed by atoms with Gasteiger partial charge in [0.25, 0.3) is 10.0 Å². The minimum absolute atomic E-state index is 0.0205. The molecule has 2 N–H and O–H groups in total. The molecule has 0 bridgehead atoms. The van der Waals surface area contributed by atoms with Crippen LogP contribution in [-0.4, -0.2) is 55.3 Å². The summed E-state index contributed by atoms with van der Waals surface area (Å²) in [6, 6.07) is 0.527. The average molecular weight is 314 g/mol. The number of aromatic nitrogens is 2. The monoisotopic (exact) mass is 314 g/mol. The molecule has 8 heteroatoms. The smallest absolute Gasteiger partial charge is 0.262 e. The third-order valence-electron chi connectivity index (χ3n) is 4.21. The molecule has 2 fully saturated rings. The molecule has 1 aliphatic carbocycles. The van der Waals surface area contributed by atoms with Crippen LogP contribution in [0.2, 0.25) is 0 Å². The Morgan fingerprint density at radius 1 is 1.43 bits per heavy atom. The molecule has 2 aliphatic rings. The van der Waals surface area contributed by atoms with Crippen molar-refractivity contribution in [1.29, 1.82) is 0 Å². The van der Waals surface area contributed by atoms with E-state index in [0.29, 0.717) is 25.7 Å². The lowest BCUT2D eigenvalue weighted by molar-refractivity contribution is 0.115. The molecule has 0 aromatic carbocycles. The lowest BCUT2D eigenvalue weighted by Gasteiger charge is -2.16. The first kappa shape index (κ1) is 15.0. The van der Waals surface area contributed by atoms with E-state index in [0.717, 1.165) is 17.7 Å². The third kappa shape index (κ3) is 2.98. The zero-order valence-corrected chi connectivity index (χ0v) is 13.2. The van der Waals surface area contributed by atoms with Gasteiger partial charge >= 0.3 is 0 Å². The van der Waals surface area contributed by atoms with Crippen molar-refractivity contribution in [3.8, 4) is 0 Å². The molecule has 1 saturated heterocycles. The number of nitrogens with one attached hydrogen (secondary N) is 2. The Hall–Kier alpha value is -0.960. The number of aromatic amines is 1. The second-order valence-corrected chi connectivity index (χ2v) is 7.65. The van der Waals surface area contributed by atoms with Crippen molar-refractivity contribution in [2.45, 2.75) is 49.9 Å². The normalized spacial score (nSPS) is 23.8. The number of nitrogens with zero attached hydrogens (tertiary/aromatic N) is 2. The summed E-state index contributed by atoms with van der Waals surface area (Å²) in [5.41, 5.74) is 1.56. The summed E-state index contributed by atoms with van der Waals surface area (Å²) < 4.78 is 32.2. The third-order valence-corrected chi connectivity index (χ3v) is 6.04. The van der Waals surface area contributed by atoms with Gasteiger partial charge in [0.1, 0.15) is 0 Å². The maximum atomic E-state index is 12.8. The lowest BCUT2D eigenvalue weighted by atomic mass is 10.2. The summed E-state index contributed by atoms with van der Waals surface area (Å²) in [5.74, 6) is 0. The minimum Gasteiger partial charge on any atom is -0.380 e. The van der Waals surface area contributed by atoms with E-state index < -0.39 is 10.0 Å². The molecule has 7 nitrogen and oxygen atoms in total. The molecular weight excluding hydrogens is 292 g/mol. The Bertz CT molecular complexity index is 609. The largest absolute Gasteiger partial charge is 0.380 e. The molecule has 2 heterocycles. The van der Waals surface area contributed by atoms with Gasteiger partial charge in [0.2, 0.25) is 0 Å². The summed E-state index contributed by atoms with van der Waals surface area (Å²) in [4.78, 5) is 0. The van der Waals surface area contributed by atoms with Crippen LogP contribution in [0.25, 0.3) is 0 Å². The quantitative estimate of drug-likeness (QED) is 0.792. The van der Waals surface area contributed by atoms with Crippen LogP contribution in [0.5, 0.6) is 0 Å². The van der Waals surface area contributed by atoms with E-state index in [9.17, 15) is 8.42 Å². The first-order valence-electron chi connectivity index (χ1n) is 7.32. The molecule has 1 aromatic rings. The Morgan fingerprint density at radius 2 is 2.19 bits per heavy atom. The van der Waals surface area contributed by atoms with Crippen molar-refractivity contribution >= 4 is 10.0 Å². The van der Waals surface area contributed by atoms with Crippen molar-refractivity contribution in [3.63, 3.8) is 0 Å². The number of hydrogen-bond donors (Lipinski definition) is 2. The first-order chi connectivity index (χ1) is 10.0. The molecule has 118 valence electrons. The van der Waals surface area contributed by atoms with Crippen LogP contribution >= 0.6 is 0 Å². The standard InChI is InChI=1S/C13H22N4O3S/c1-9-12(7-14-10-3-4-10)13(16-15-9)21(18,19)17-6-5-11(8-17)20-2/h10-11,14H,3-8H2,1-2H3,(H,15,16). The molecular formula is C13H22N4O3S. The van der Waals surface area contributed by atoms with Crippen LogP contribution in [0.3, 0.4) is 0 Å². The van der Waals surface area contributed by atoms with Crippen molar-refractivity contribution in [2.24, 2.45) is 0 Å². The molecule has 21 heavy (non-hydrogen) atoms. The van der Waals surface area contributed by atoms with Gasteiger partial charge in [-0.05, 0) is 26.2 Å². The van der Waals surface area contributed by atoms with Gasteiger partial charge in [-0.25, -0.2) is 8.42 Å². The van der Waals surface area contributed by atoms with Gasteiger partial charge in [0.05, 0.1) is 6.10 Å². The molecule has 3 rings (SSSR count). The topological polar surface area (TPSA) is 87.3 Å². The Kier molecular flexibility index (Phi) is 4.04. The maximum Gasteiger partial charge on any atom is 0.262 e. The fourth-order valence-electron chi connectivity index (χ4n) is 2.62. The summed E-state index contributed by atoms with van der Waals surface area (Å²) in [7, 11) is -1.93. The number of rotatable bonds is 6. The Balaban J connectivity index is 1.81. The zero-order chi connectivity index (χ0) is 15.0. The number of sulfonamides is 1. The van der Waals surface area contributed by atoms with Gasteiger partial charge in [-0.15, -0.1) is 0 Å². The summed E-state index contributed by atoms with van der Waals surface area (Å²) in [6.45, 7) is 3.30. The number of methoxy groups -OCH3 is 1. The molecule has 1 saturated carbocycles. The second kappa shape index (κ2) is 5.68. The fourth-order valence-corrected chi connectivity index (χ4v) is 4.27. The van der Waals surface area contributed by atoms with E-state index in [1.54, 1.807) is 7.11 Å². The summed E-state index contributed by atoms with van der Waals surface area (Å²) in [5, 5.41) is 10.4. The highest BCUT2D eigenvalue weighted by Gasteiger charge is 2.36. The molecule has 0 amide bonds. The van der Waals surface area contributed by atoms with Crippen molar-refractivity contribution in [1.82, 2.24) is 19.8 Å². The predicted molar refractivity (Wildman–Crippen MR) is 77.4 cm³/mol. The summed E-state index contributed by atoms with van der Waals surface area (Å²) >= 11 is 0. The van der Waals surface area contributed by atoms with Crippen LogP contribution < -0.4 is 5.32 Å². The van der Waals surface area contributed by atoms with Gasteiger partial charge in [-0.3, -0.25) is 5.10 Å². The maximum absolute atomic E-state index is 12.8. The van der Waals surface area contributed by atoms with Crippen molar-refractivity contribution in [2.75, 3.05) is 20.2 Å². The zero-order valence-electron chi connectivity index (χ0n) is 12.4. The van der Waals surface area contributed by atoms with Crippen molar-refractivity contribution < 1.29 is 13.2 Å². The molecule has 0 radical (unpaired) electrons. The van der Waals surface area contributed by atoms with Gasteiger partial charge < -0.3 is 10.1 Å². The van der Waals surface area contributed by atoms with E-state index in [4.69, 9.17) is 4.74 Å². The van der Waals surface area contributed by atoms with Crippen LogP contribution in [0.4, 0.5) is 0 Å². The highest BCUT2D eigenvalue weighted by atomic mass is 32.2. The van der Waals surface area contributed by atoms with Gasteiger partial charge in [-0.2, -0.15) is 9.40 Å². The summed E-state index contributed by atoms with van der Waals surface area (Å²) in [6.07, 6.45) is 3.05. The van der Waals surface area contributed by atoms with Crippen LogP contribution in [0.15, 0.2) is 5.03 Å². The lowest BCUT2D eigenvalue weighted by Crippen LogP contribution is -2.31. The van der Waals surface area contributed by atoms with Crippen molar-refractivity contribution in [3.05, 3.63) is 11.3 Å².